The average molecular weight is 1250 g/mol. The fraction of sp³-hybridized carbons (Fsp3) is 0.650. The molecule has 0 aromatic heterocycles. The number of carbonyl (C=O) groups excluding carboxylic acids is 3. The molecule has 0 aliphatic carbocycles. The van der Waals surface area contributed by atoms with E-state index in [0.29, 0.717) is 53.7 Å². The van der Waals surface area contributed by atoms with Crippen molar-refractivity contribution in [3.63, 3.8) is 0 Å². The van der Waals surface area contributed by atoms with E-state index in [-0.39, 0.29) is 58.6 Å². The zero-order valence-corrected chi connectivity index (χ0v) is 51.0. The lowest BCUT2D eigenvalue weighted by atomic mass is 9.80. The van der Waals surface area contributed by atoms with Gasteiger partial charge in [0.1, 0.15) is 17.3 Å². The predicted octanol–water partition coefficient (Wildman–Crippen LogP) is 11.9. The fourth-order valence-electron chi connectivity index (χ4n) is 11.1. The molecule has 5 aliphatic heterocycles. The lowest BCUT2D eigenvalue weighted by Gasteiger charge is -2.43. The maximum Gasteiger partial charge on any atom is 0.422 e. The monoisotopic (exact) mass is 1250 g/mol. The number of rotatable bonds is 14. The number of phenolic OH excluding ortho intramolecular Hbond substituents is 2. The number of halogens is 7. The largest absolute Gasteiger partial charge is 0.504 e. The second-order valence-corrected chi connectivity index (χ2v) is 23.8. The van der Waals surface area contributed by atoms with Gasteiger partial charge in [-0.05, 0) is 154 Å². The van der Waals surface area contributed by atoms with Crippen molar-refractivity contribution in [2.75, 3.05) is 85.7 Å². The minimum atomic E-state index is -4.40. The van der Waals surface area contributed by atoms with Crippen LogP contribution < -0.4 is 24.3 Å². The van der Waals surface area contributed by atoms with Crippen molar-refractivity contribution in [1.29, 1.82) is 0 Å². The first-order chi connectivity index (χ1) is 37.5. The van der Waals surface area contributed by atoms with E-state index in [1.165, 1.54) is 40.8 Å². The zero-order valence-electron chi connectivity index (χ0n) is 48.8. The van der Waals surface area contributed by atoms with Crippen LogP contribution in [0, 0.1) is 35.5 Å². The summed E-state index contributed by atoms with van der Waals surface area (Å²) >= 11 is 1.27. The number of piperidine rings is 2. The summed E-state index contributed by atoms with van der Waals surface area (Å²) in [5.41, 5.74) is 6.64. The van der Waals surface area contributed by atoms with Gasteiger partial charge in [-0.1, -0.05) is 64.1 Å². The second-order valence-electron chi connectivity index (χ2n) is 23.0. The molecule has 5 unspecified atom stereocenters. The number of Topliss-reactive ketones (excluding diaryl/α,β-unsaturated/α-hetero) is 3. The van der Waals surface area contributed by atoms with Crippen LogP contribution in [-0.2, 0) is 40.2 Å². The molecular weight excluding hydrogens is 1160 g/mol. The molecule has 2 fully saturated rings. The number of benzene rings is 3. The quantitative estimate of drug-likeness (QED) is 0.0799. The van der Waals surface area contributed by atoms with Crippen LogP contribution in [-0.4, -0.2) is 140 Å². The first kappa shape index (κ1) is 68.1. The minimum absolute atomic E-state index is 0.0322. The molecule has 3 aromatic carbocycles. The van der Waals surface area contributed by atoms with Gasteiger partial charge in [0.05, 0.1) is 25.8 Å². The number of nitrogens with one attached hydrogen (secondary N) is 1. The number of nitrogens with zero attached hydrogens (tertiary/aromatic N) is 3. The standard InChI is InChI=1S/C20H26F3NO3.C18H25NO3.C10H13NO2.C10H21NO.C2H2F3I/c1-12(2)6-14-10-24-5-4-13-7-19(27-11-20(21,22)23)18(26-3)8-15(13)16(24)9-17(14)25;1-11(2)6-13-10-19-5-4-12-7-17(21)18(22-3)8-14(12)15(19)9-16(13)20;1-13-10-5-8-6-11-3-2-7(8)4-9(10)12;1-8(2)6-10(9(3)12)7-11(4)5;3-2(4,5)1-6/h7-8,12,14,16H,4-6,9-11H2,1-3H3;7-8,11,13,15,21H,4-6,9-10H2,1-3H3;4-5,11-12H,2-3,6H2,1H3;8,10H,6-7H2,1-5H3;1H2. The third kappa shape index (κ3) is 21.1. The molecule has 0 saturated carbocycles. The molecular formula is C60H87F6IN4O9. The Kier molecular flexibility index (Phi) is 26.7. The van der Waals surface area contributed by atoms with Crippen molar-refractivity contribution in [2.45, 2.75) is 131 Å². The molecule has 0 spiro atoms. The third-order valence-corrected chi connectivity index (χ3v) is 15.6. The van der Waals surface area contributed by atoms with E-state index in [1.807, 2.05) is 26.2 Å². The highest BCUT2D eigenvalue weighted by Crippen LogP contribution is 2.44. The topological polar surface area (TPSA) is 150 Å². The summed E-state index contributed by atoms with van der Waals surface area (Å²) < 4.78 is 89.5. The summed E-state index contributed by atoms with van der Waals surface area (Å²) in [7, 11) is 8.56. The maximum absolute atomic E-state index is 12.6. The van der Waals surface area contributed by atoms with E-state index in [9.17, 15) is 50.9 Å². The third-order valence-electron chi connectivity index (χ3n) is 14.8. The van der Waals surface area contributed by atoms with Gasteiger partial charge in [-0.3, -0.25) is 24.2 Å². The highest BCUT2D eigenvalue weighted by atomic mass is 127. The predicted molar refractivity (Wildman–Crippen MR) is 308 cm³/mol. The molecule has 80 heavy (non-hydrogen) atoms. The highest BCUT2D eigenvalue weighted by Gasteiger charge is 2.40. The van der Waals surface area contributed by atoms with Gasteiger partial charge in [0.2, 0.25) is 0 Å². The normalized spacial score (nSPS) is 20.1. The van der Waals surface area contributed by atoms with Crippen molar-refractivity contribution < 1.29 is 69.9 Å². The molecule has 3 aromatic rings. The number of carbonyl (C=O) groups is 3. The molecule has 5 aliphatic rings. The van der Waals surface area contributed by atoms with Crippen molar-refractivity contribution in [1.82, 2.24) is 20.0 Å². The van der Waals surface area contributed by atoms with Gasteiger partial charge in [0, 0.05) is 81.9 Å². The van der Waals surface area contributed by atoms with Crippen LogP contribution in [0.4, 0.5) is 26.3 Å². The first-order valence-electron chi connectivity index (χ1n) is 27.7. The number of alkyl halides is 7. The molecule has 0 amide bonds. The molecule has 5 heterocycles. The van der Waals surface area contributed by atoms with E-state index < -0.39 is 23.4 Å². The van der Waals surface area contributed by atoms with E-state index in [2.05, 4.69) is 61.6 Å². The number of phenols is 2. The van der Waals surface area contributed by atoms with E-state index in [1.54, 1.807) is 45.4 Å². The minimum Gasteiger partial charge on any atom is -0.504 e. The van der Waals surface area contributed by atoms with Crippen molar-refractivity contribution >= 4 is 39.9 Å². The van der Waals surface area contributed by atoms with Crippen LogP contribution in [0.1, 0.15) is 126 Å². The van der Waals surface area contributed by atoms with Crippen LogP contribution in [0.25, 0.3) is 0 Å². The first-order valence-corrected chi connectivity index (χ1v) is 29.2. The summed E-state index contributed by atoms with van der Waals surface area (Å²) in [5, 5.41) is 22.7. The Morgan fingerprint density at radius 1 is 0.675 bits per heavy atom. The average Bonchev–Trinajstić information content (AvgIpc) is 3.37. The van der Waals surface area contributed by atoms with Crippen LogP contribution in [0.2, 0.25) is 0 Å². The zero-order chi connectivity index (χ0) is 59.8. The van der Waals surface area contributed by atoms with E-state index in [0.717, 1.165) is 107 Å². The fourth-order valence-corrected chi connectivity index (χ4v) is 11.1. The number of methoxy groups -OCH3 is 3. The molecule has 0 radical (unpaired) electrons. The van der Waals surface area contributed by atoms with Crippen molar-refractivity contribution in [3.8, 4) is 34.5 Å². The molecule has 5 atom stereocenters. The van der Waals surface area contributed by atoms with Crippen molar-refractivity contribution in [2.24, 2.45) is 35.5 Å². The van der Waals surface area contributed by atoms with Crippen LogP contribution in [0.15, 0.2) is 36.4 Å². The van der Waals surface area contributed by atoms with Gasteiger partial charge in [0.25, 0.3) is 0 Å². The molecule has 8 rings (SSSR count). The Morgan fingerprint density at radius 3 is 1.55 bits per heavy atom. The van der Waals surface area contributed by atoms with Gasteiger partial charge in [0.15, 0.2) is 41.1 Å². The highest BCUT2D eigenvalue weighted by molar-refractivity contribution is 14.1. The molecule has 0 bridgehead atoms. The van der Waals surface area contributed by atoms with Crippen LogP contribution >= 0.6 is 22.6 Å². The number of ketones is 3. The van der Waals surface area contributed by atoms with Gasteiger partial charge in [-0.25, -0.2) is 0 Å². The summed E-state index contributed by atoms with van der Waals surface area (Å²) in [6, 6.07) is 10.9. The Labute approximate surface area is 483 Å². The number of fused-ring (bicyclic) bond motifs is 7. The van der Waals surface area contributed by atoms with Crippen LogP contribution in [0.3, 0.4) is 0 Å². The number of hydrogen-bond acceptors (Lipinski definition) is 13. The Balaban J connectivity index is 0.000000232. The summed E-state index contributed by atoms with van der Waals surface area (Å²) in [5.74, 6) is 4.94. The molecule has 3 N–H and O–H groups in total. The maximum atomic E-state index is 12.6. The second kappa shape index (κ2) is 31.3. The van der Waals surface area contributed by atoms with Gasteiger partial charge < -0.3 is 39.4 Å². The molecule has 2 saturated heterocycles. The summed E-state index contributed by atoms with van der Waals surface area (Å²) in [4.78, 5) is 43.2. The van der Waals surface area contributed by atoms with E-state index in [4.69, 9.17) is 18.9 Å². The number of ether oxygens (including phenoxy) is 4. The summed E-state index contributed by atoms with van der Waals surface area (Å²) in [6.45, 7) is 19.4. The Hall–Kier alpha value is -4.38. The lowest BCUT2D eigenvalue weighted by Crippen LogP contribution is -2.46. The smallest absolute Gasteiger partial charge is 0.422 e. The van der Waals surface area contributed by atoms with E-state index >= 15 is 0 Å². The molecule has 20 heteroatoms. The number of hydrogen-bond donors (Lipinski definition) is 3. The number of aromatic hydroxyl groups is 2. The van der Waals surface area contributed by atoms with Gasteiger partial charge >= 0.3 is 12.4 Å². The Morgan fingerprint density at radius 2 is 1.12 bits per heavy atom. The van der Waals surface area contributed by atoms with Crippen molar-refractivity contribution in [3.05, 3.63) is 69.8 Å². The lowest BCUT2D eigenvalue weighted by molar-refractivity contribution is -0.153. The van der Waals surface area contributed by atoms with Gasteiger partial charge in [-0.2, -0.15) is 26.3 Å². The molecule has 13 nitrogen and oxygen atoms in total. The summed E-state index contributed by atoms with van der Waals surface area (Å²) in [6.07, 6.45) is -1.85. The van der Waals surface area contributed by atoms with Gasteiger partial charge in [-0.15, -0.1) is 0 Å². The SMILES string of the molecule is CC(=O)C(CC(C)C)CN(C)C.COc1cc2c(cc1O)CCN1CC(CC(C)C)C(=O)CC21.COc1cc2c(cc1O)CCNC2.COc1cc2c(cc1OCC(F)(F)F)CCN1CC(CC(C)C)C(=O)CC21.FC(F)(F)CI. The van der Waals surface area contributed by atoms with Crippen LogP contribution in [0.5, 0.6) is 34.5 Å². The Bertz CT molecular complexity index is 2480. The molecule has 450 valence electrons.